The van der Waals surface area contributed by atoms with E-state index in [4.69, 9.17) is 32.5 Å². The van der Waals surface area contributed by atoms with Crippen molar-refractivity contribution in [3.05, 3.63) is 0 Å². The summed E-state index contributed by atoms with van der Waals surface area (Å²) in [6, 6.07) is 0. The predicted molar refractivity (Wildman–Crippen MR) is 97.6 cm³/mol. The first-order valence-corrected chi connectivity index (χ1v) is 10.6. The van der Waals surface area contributed by atoms with Crippen LogP contribution in [-0.2, 0) is 29.5 Å². The van der Waals surface area contributed by atoms with Crippen LogP contribution < -0.4 is 0 Å². The van der Waals surface area contributed by atoms with Gasteiger partial charge in [0.1, 0.15) is 0 Å². The van der Waals surface area contributed by atoms with Gasteiger partial charge in [0.2, 0.25) is 0 Å². The molecular weight excluding hydrogens is 428 g/mol. The standard InChI is InChI=1S/C6H10O3S.C5H10O3S.Ca.H2O4S.2H/c1-10-3-2-5-6(7)9-4-8-5;1-9-3-2-4(6)5(7)8;;1-5(2,3)4;;/h5H,2-4H2,1H3;4,6H,2-3H2,1H3,(H,7,8);;(H2,1,2,3,4);;/q;;+2;;2*-1. The molecule has 0 bridgehead atoms. The van der Waals surface area contributed by atoms with E-state index in [2.05, 4.69) is 4.74 Å². The van der Waals surface area contributed by atoms with Crippen LogP contribution in [0.1, 0.15) is 15.7 Å². The van der Waals surface area contributed by atoms with Crippen molar-refractivity contribution in [3.63, 3.8) is 0 Å². The van der Waals surface area contributed by atoms with E-state index in [9.17, 15) is 9.59 Å². The Morgan fingerprint density at radius 1 is 1.32 bits per heavy atom. The summed E-state index contributed by atoms with van der Waals surface area (Å²) >= 11 is 3.23. The average molecular weight is 453 g/mol. The molecule has 148 valence electrons. The van der Waals surface area contributed by atoms with Crippen LogP contribution in [0.15, 0.2) is 0 Å². The third-order valence-corrected chi connectivity index (χ3v) is 3.49. The normalized spacial score (nSPS) is 17.0. The van der Waals surface area contributed by atoms with Gasteiger partial charge in [-0.3, -0.25) is 9.11 Å². The molecular formula is C11H24CaO10S3. The molecule has 4 N–H and O–H groups in total. The van der Waals surface area contributed by atoms with Crippen molar-refractivity contribution in [3.8, 4) is 0 Å². The number of carboxylic acid groups (broad SMARTS) is 1. The monoisotopic (exact) mass is 452 g/mol. The van der Waals surface area contributed by atoms with E-state index in [1.165, 1.54) is 11.8 Å². The molecule has 0 aromatic rings. The van der Waals surface area contributed by atoms with Crippen LogP contribution in [0.25, 0.3) is 0 Å². The Labute approximate surface area is 187 Å². The molecule has 0 radical (unpaired) electrons. The van der Waals surface area contributed by atoms with Crippen LogP contribution >= 0.6 is 23.5 Å². The number of ether oxygens (including phenoxy) is 2. The molecule has 1 saturated heterocycles. The van der Waals surface area contributed by atoms with Crippen molar-refractivity contribution < 1.29 is 49.7 Å². The van der Waals surface area contributed by atoms with Crippen LogP contribution in [0.3, 0.4) is 0 Å². The molecule has 25 heavy (non-hydrogen) atoms. The topological polar surface area (TPSA) is 168 Å². The Hall–Kier alpha value is 0.690. The minimum Gasteiger partial charge on any atom is -1.00 e. The molecule has 0 aliphatic carbocycles. The van der Waals surface area contributed by atoms with E-state index < -0.39 is 22.5 Å². The fraction of sp³-hybridized carbons (Fsp3) is 0.818. The first-order valence-electron chi connectivity index (χ1n) is 6.39. The Bertz CT molecular complexity index is 461. The van der Waals surface area contributed by atoms with Gasteiger partial charge in [0.25, 0.3) is 0 Å². The van der Waals surface area contributed by atoms with Crippen LogP contribution in [0.5, 0.6) is 0 Å². The quantitative estimate of drug-likeness (QED) is 0.232. The first-order chi connectivity index (χ1) is 11.0. The van der Waals surface area contributed by atoms with Gasteiger partial charge in [-0.05, 0) is 36.9 Å². The van der Waals surface area contributed by atoms with Crippen LogP contribution in [0.4, 0.5) is 0 Å². The zero-order chi connectivity index (χ0) is 19.2. The Kier molecular flexibility index (Phi) is 22.0. The number of carboxylic acids is 1. The third-order valence-electron chi connectivity index (χ3n) is 2.20. The molecule has 2 unspecified atom stereocenters. The number of aliphatic carboxylic acids is 1. The maximum Gasteiger partial charge on any atom is 2.00 e. The van der Waals surface area contributed by atoms with Gasteiger partial charge >= 0.3 is 60.1 Å². The number of aliphatic hydroxyl groups excluding tert-OH is 1. The van der Waals surface area contributed by atoms with E-state index in [1.54, 1.807) is 11.8 Å². The molecule has 0 amide bonds. The molecule has 10 nitrogen and oxygen atoms in total. The molecule has 1 rings (SSSR count). The van der Waals surface area contributed by atoms with E-state index in [1.807, 2.05) is 12.5 Å². The van der Waals surface area contributed by atoms with Crippen LogP contribution in [-0.4, -0.2) is 120 Å². The number of aliphatic hydroxyl groups is 1. The number of esters is 1. The second-order valence-electron chi connectivity index (χ2n) is 4.10. The number of carbonyl (C=O) groups excluding carboxylic acids is 1. The molecule has 1 aliphatic heterocycles. The summed E-state index contributed by atoms with van der Waals surface area (Å²) in [6.45, 7) is 0.137. The maximum absolute atomic E-state index is 10.7. The Balaban J connectivity index is -0.0000000891. The minimum absolute atomic E-state index is 0. The number of hydrogen-bond acceptors (Lipinski definition) is 9. The molecule has 1 aliphatic rings. The van der Waals surface area contributed by atoms with Crippen molar-refractivity contribution >= 4 is 83.6 Å². The van der Waals surface area contributed by atoms with Gasteiger partial charge in [-0.2, -0.15) is 31.9 Å². The van der Waals surface area contributed by atoms with E-state index in [0.717, 1.165) is 12.2 Å². The van der Waals surface area contributed by atoms with Crippen molar-refractivity contribution in [1.82, 2.24) is 0 Å². The largest absolute Gasteiger partial charge is 2.00 e. The summed E-state index contributed by atoms with van der Waals surface area (Å²) in [5, 5.41) is 16.8. The Morgan fingerprint density at radius 3 is 2.12 bits per heavy atom. The number of rotatable bonds is 7. The Morgan fingerprint density at radius 2 is 1.80 bits per heavy atom. The zero-order valence-corrected chi connectivity index (χ0v) is 18.5. The number of hydrogen-bond donors (Lipinski definition) is 4. The van der Waals surface area contributed by atoms with Crippen LogP contribution in [0.2, 0.25) is 0 Å². The second kappa shape index (κ2) is 18.1. The summed E-state index contributed by atoms with van der Waals surface area (Å²) in [7, 11) is -4.67. The molecule has 14 heteroatoms. The van der Waals surface area contributed by atoms with E-state index >= 15 is 0 Å². The molecule has 1 fully saturated rings. The van der Waals surface area contributed by atoms with Crippen molar-refractivity contribution in [2.75, 3.05) is 30.8 Å². The van der Waals surface area contributed by atoms with Gasteiger partial charge in [0.05, 0.1) is 0 Å². The molecule has 0 saturated carbocycles. The number of thioether (sulfide) groups is 2. The van der Waals surface area contributed by atoms with Gasteiger partial charge in [-0.1, -0.05) is 0 Å². The predicted octanol–water partition coefficient (Wildman–Crippen LogP) is 0.0154. The number of cyclic esters (lactones) is 1. The average Bonchev–Trinajstić information content (AvgIpc) is 2.86. The smallest absolute Gasteiger partial charge is 1.00 e. The number of carbonyl (C=O) groups is 2. The summed E-state index contributed by atoms with van der Waals surface area (Å²) in [6.07, 6.45) is 3.48. The van der Waals surface area contributed by atoms with Gasteiger partial charge in [0.15, 0.2) is 19.0 Å². The van der Waals surface area contributed by atoms with Gasteiger partial charge in [-0.25, -0.2) is 9.59 Å². The van der Waals surface area contributed by atoms with Gasteiger partial charge in [-0.15, -0.1) is 0 Å². The SMILES string of the molecule is CSCCC(O)C(=O)O.CSCCC1OCOC1=O.O=S(=O)(O)O.[Ca+2].[H-].[H-]. The third kappa shape index (κ3) is 24.7. The first kappa shape index (κ1) is 30.4. The van der Waals surface area contributed by atoms with Gasteiger partial charge in [0, 0.05) is 0 Å². The zero-order valence-electron chi connectivity index (χ0n) is 15.9. The minimum atomic E-state index is -4.67. The van der Waals surface area contributed by atoms with Crippen molar-refractivity contribution in [2.45, 2.75) is 25.0 Å². The molecule has 0 spiro atoms. The summed E-state index contributed by atoms with van der Waals surface area (Å²) < 4.78 is 41.2. The fourth-order valence-corrected chi connectivity index (χ4v) is 2.02. The van der Waals surface area contributed by atoms with E-state index in [0.29, 0.717) is 12.2 Å². The summed E-state index contributed by atoms with van der Waals surface area (Å²) in [5.41, 5.74) is 0. The van der Waals surface area contributed by atoms with Crippen molar-refractivity contribution in [2.24, 2.45) is 0 Å². The van der Waals surface area contributed by atoms with Crippen molar-refractivity contribution in [1.29, 1.82) is 0 Å². The van der Waals surface area contributed by atoms with E-state index in [-0.39, 0.29) is 59.5 Å². The molecule has 0 aromatic carbocycles. The maximum atomic E-state index is 10.7. The molecule has 1 heterocycles. The molecule has 0 aromatic heterocycles. The van der Waals surface area contributed by atoms with Crippen LogP contribution in [0, 0.1) is 0 Å². The molecule has 2 atom stereocenters. The fourth-order valence-electron chi connectivity index (χ4n) is 1.11. The summed E-state index contributed by atoms with van der Waals surface area (Å²) in [4.78, 5) is 20.7. The van der Waals surface area contributed by atoms with Gasteiger partial charge < -0.3 is 22.5 Å². The second-order valence-corrected chi connectivity index (χ2v) is 6.97. The summed E-state index contributed by atoms with van der Waals surface area (Å²) in [5.74, 6) is 0.283.